The van der Waals surface area contributed by atoms with E-state index in [1.807, 2.05) is 0 Å². The van der Waals surface area contributed by atoms with Gasteiger partial charge < -0.3 is 15.2 Å². The summed E-state index contributed by atoms with van der Waals surface area (Å²) in [7, 11) is 2.97. The number of methoxy groups -OCH3 is 2. The summed E-state index contributed by atoms with van der Waals surface area (Å²) in [5.41, 5.74) is 5.70. The van der Waals surface area contributed by atoms with Crippen molar-refractivity contribution >= 4 is 11.9 Å². The molecule has 1 heterocycles. The van der Waals surface area contributed by atoms with Gasteiger partial charge in [-0.25, -0.2) is 0 Å². The van der Waals surface area contributed by atoms with Gasteiger partial charge in [0.25, 0.3) is 0 Å². The van der Waals surface area contributed by atoms with Crippen LogP contribution >= 0.6 is 0 Å². The van der Waals surface area contributed by atoms with Crippen LogP contribution < -0.4 is 20.5 Å². The van der Waals surface area contributed by atoms with E-state index in [4.69, 9.17) is 15.2 Å². The van der Waals surface area contributed by atoms with E-state index in [-0.39, 0.29) is 17.8 Å². The van der Waals surface area contributed by atoms with E-state index in [9.17, 15) is 4.79 Å². The number of nitrogens with two attached hydrogens (primary N) is 1. The molecule has 1 amide bonds. The Morgan fingerprint density at radius 3 is 2.29 bits per heavy atom. The number of hydrogen-bond acceptors (Lipinski definition) is 6. The van der Waals surface area contributed by atoms with Crippen molar-refractivity contribution in [3.8, 4) is 11.8 Å². The molecule has 0 aliphatic rings. The van der Waals surface area contributed by atoms with E-state index in [0.29, 0.717) is 30.6 Å². The third-order valence-corrected chi connectivity index (χ3v) is 2.96. The molecule has 118 valence electrons. The predicted molar refractivity (Wildman–Crippen MR) is 80.4 cm³/mol. The molecule has 0 aliphatic carbocycles. The smallest absolute Gasteiger partial charge is 0.236 e. The van der Waals surface area contributed by atoms with E-state index in [0.717, 1.165) is 6.42 Å². The molecule has 1 aromatic heterocycles. The molecule has 0 fully saturated rings. The SMILES string of the molecule is COc1cc(OC)nc(NC(=O)C[C@@H](CN)CC(C)C)n1. The van der Waals surface area contributed by atoms with Gasteiger partial charge in [-0.2, -0.15) is 9.97 Å². The first-order valence-corrected chi connectivity index (χ1v) is 6.95. The molecule has 0 bridgehead atoms. The molecule has 0 spiro atoms. The van der Waals surface area contributed by atoms with Crippen LogP contribution in [-0.4, -0.2) is 36.6 Å². The Bertz CT molecular complexity index is 443. The van der Waals surface area contributed by atoms with Gasteiger partial charge in [-0.05, 0) is 24.8 Å². The van der Waals surface area contributed by atoms with Gasteiger partial charge in [0.15, 0.2) is 0 Å². The van der Waals surface area contributed by atoms with Crippen molar-refractivity contribution in [2.75, 3.05) is 26.1 Å². The second-order valence-corrected chi connectivity index (χ2v) is 5.26. The number of nitrogens with one attached hydrogen (secondary N) is 1. The molecule has 0 saturated heterocycles. The monoisotopic (exact) mass is 296 g/mol. The van der Waals surface area contributed by atoms with Gasteiger partial charge in [-0.3, -0.25) is 10.1 Å². The van der Waals surface area contributed by atoms with Gasteiger partial charge >= 0.3 is 0 Å². The number of carbonyl (C=O) groups excluding carboxylic acids is 1. The molecule has 0 aliphatic heterocycles. The van der Waals surface area contributed by atoms with Gasteiger partial charge in [0.2, 0.25) is 23.6 Å². The van der Waals surface area contributed by atoms with Crippen molar-refractivity contribution in [2.24, 2.45) is 17.6 Å². The maximum absolute atomic E-state index is 12.0. The highest BCUT2D eigenvalue weighted by atomic mass is 16.5. The van der Waals surface area contributed by atoms with Gasteiger partial charge in [0.05, 0.1) is 20.3 Å². The summed E-state index contributed by atoms with van der Waals surface area (Å²) in [4.78, 5) is 20.1. The minimum atomic E-state index is -0.165. The maximum Gasteiger partial charge on any atom is 0.236 e. The Balaban J connectivity index is 2.69. The first-order valence-electron chi connectivity index (χ1n) is 6.95. The molecule has 0 aromatic carbocycles. The molecule has 0 radical (unpaired) electrons. The summed E-state index contributed by atoms with van der Waals surface area (Å²) >= 11 is 0. The average molecular weight is 296 g/mol. The van der Waals surface area contributed by atoms with Crippen LogP contribution in [0.4, 0.5) is 5.95 Å². The van der Waals surface area contributed by atoms with Crippen LogP contribution in [0.15, 0.2) is 6.07 Å². The minimum absolute atomic E-state index is 0.150. The van der Waals surface area contributed by atoms with Crippen LogP contribution in [0.5, 0.6) is 11.8 Å². The van der Waals surface area contributed by atoms with Gasteiger partial charge in [0, 0.05) is 6.42 Å². The molecule has 1 aromatic rings. The minimum Gasteiger partial charge on any atom is -0.481 e. The van der Waals surface area contributed by atoms with Crippen LogP contribution in [0.3, 0.4) is 0 Å². The van der Waals surface area contributed by atoms with Crippen molar-refractivity contribution in [3.05, 3.63) is 6.07 Å². The fraction of sp³-hybridized carbons (Fsp3) is 0.643. The van der Waals surface area contributed by atoms with E-state index < -0.39 is 0 Å². The lowest BCUT2D eigenvalue weighted by molar-refractivity contribution is -0.117. The lowest BCUT2D eigenvalue weighted by atomic mass is 9.94. The van der Waals surface area contributed by atoms with E-state index in [2.05, 4.69) is 29.1 Å². The summed E-state index contributed by atoms with van der Waals surface area (Å²) in [5.74, 6) is 1.30. The van der Waals surface area contributed by atoms with Crippen molar-refractivity contribution in [3.63, 3.8) is 0 Å². The number of nitrogens with zero attached hydrogens (tertiary/aromatic N) is 2. The quantitative estimate of drug-likeness (QED) is 0.753. The molecule has 0 unspecified atom stereocenters. The van der Waals surface area contributed by atoms with Gasteiger partial charge in [-0.15, -0.1) is 0 Å². The van der Waals surface area contributed by atoms with E-state index >= 15 is 0 Å². The Morgan fingerprint density at radius 2 is 1.86 bits per heavy atom. The second kappa shape index (κ2) is 8.41. The molecule has 21 heavy (non-hydrogen) atoms. The third kappa shape index (κ3) is 5.95. The molecule has 3 N–H and O–H groups in total. The topological polar surface area (TPSA) is 99.4 Å². The van der Waals surface area contributed by atoms with Crippen molar-refractivity contribution < 1.29 is 14.3 Å². The van der Waals surface area contributed by atoms with Gasteiger partial charge in [0.1, 0.15) is 0 Å². The number of anilines is 1. The zero-order valence-electron chi connectivity index (χ0n) is 13.0. The number of ether oxygens (including phenoxy) is 2. The molecular weight excluding hydrogens is 272 g/mol. The standard InChI is InChI=1S/C14H24N4O3/c1-9(2)5-10(8-15)6-11(19)16-14-17-12(20-3)7-13(18-14)21-4/h7,9-10H,5-6,8,15H2,1-4H3,(H,16,17,18,19)/t10-/m0/s1. The van der Waals surface area contributed by atoms with E-state index in [1.54, 1.807) is 0 Å². The summed E-state index contributed by atoms with van der Waals surface area (Å²) in [6.07, 6.45) is 1.25. The first-order chi connectivity index (χ1) is 9.98. The third-order valence-electron chi connectivity index (χ3n) is 2.96. The number of amides is 1. The molecule has 7 heteroatoms. The highest BCUT2D eigenvalue weighted by Gasteiger charge is 2.16. The normalized spacial score (nSPS) is 12.1. The number of aromatic nitrogens is 2. The lowest BCUT2D eigenvalue weighted by Gasteiger charge is -2.16. The summed E-state index contributed by atoms with van der Waals surface area (Å²) in [6, 6.07) is 1.54. The van der Waals surface area contributed by atoms with Crippen molar-refractivity contribution in [1.82, 2.24) is 9.97 Å². The molecule has 1 atom stereocenters. The predicted octanol–water partition coefficient (Wildman–Crippen LogP) is 1.44. The number of hydrogen-bond donors (Lipinski definition) is 2. The average Bonchev–Trinajstić information content (AvgIpc) is 2.45. The Hall–Kier alpha value is -1.89. The fourth-order valence-electron chi connectivity index (χ4n) is 2.04. The Labute approximate surface area is 125 Å². The summed E-state index contributed by atoms with van der Waals surface area (Å²) < 4.78 is 10.1. The van der Waals surface area contributed by atoms with E-state index in [1.165, 1.54) is 20.3 Å². The zero-order chi connectivity index (χ0) is 15.8. The Kier molecular flexibility index (Phi) is 6.87. The van der Waals surface area contributed by atoms with Crippen LogP contribution in [-0.2, 0) is 4.79 Å². The van der Waals surface area contributed by atoms with Crippen LogP contribution in [0.2, 0.25) is 0 Å². The number of carbonyl (C=O) groups is 1. The van der Waals surface area contributed by atoms with Crippen LogP contribution in [0.1, 0.15) is 26.7 Å². The molecular formula is C14H24N4O3. The van der Waals surface area contributed by atoms with Crippen molar-refractivity contribution in [2.45, 2.75) is 26.7 Å². The van der Waals surface area contributed by atoms with Crippen molar-refractivity contribution in [1.29, 1.82) is 0 Å². The van der Waals surface area contributed by atoms with Crippen LogP contribution in [0.25, 0.3) is 0 Å². The summed E-state index contributed by atoms with van der Waals surface area (Å²) in [6.45, 7) is 4.70. The fourth-order valence-corrected chi connectivity index (χ4v) is 2.04. The van der Waals surface area contributed by atoms with Crippen LogP contribution in [0, 0.1) is 11.8 Å². The number of rotatable bonds is 8. The second-order valence-electron chi connectivity index (χ2n) is 5.26. The highest BCUT2D eigenvalue weighted by Crippen LogP contribution is 2.19. The zero-order valence-corrected chi connectivity index (χ0v) is 13.0. The molecule has 1 rings (SSSR count). The van der Waals surface area contributed by atoms with Gasteiger partial charge in [-0.1, -0.05) is 13.8 Å². The summed E-state index contributed by atoms with van der Waals surface area (Å²) in [5, 5.41) is 2.65. The molecule has 7 nitrogen and oxygen atoms in total. The maximum atomic E-state index is 12.0. The molecule has 0 saturated carbocycles. The first kappa shape index (κ1) is 17.2. The Morgan fingerprint density at radius 1 is 1.29 bits per heavy atom. The largest absolute Gasteiger partial charge is 0.481 e. The lowest BCUT2D eigenvalue weighted by Crippen LogP contribution is -2.24. The highest BCUT2D eigenvalue weighted by molar-refractivity contribution is 5.89.